The molecular weight excluding hydrogens is 266 g/mol. The van der Waals surface area contributed by atoms with Crippen LogP contribution >= 0.6 is 0 Å². The number of hydrogen-bond donors (Lipinski definition) is 0. The first-order valence-electron chi connectivity index (χ1n) is 10.4. The van der Waals surface area contributed by atoms with Crippen molar-refractivity contribution in [1.29, 1.82) is 0 Å². The van der Waals surface area contributed by atoms with Crippen LogP contribution in [0.4, 0.5) is 0 Å². The molecule has 0 fully saturated rings. The lowest BCUT2D eigenvalue weighted by Crippen LogP contribution is -2.50. The SMILES string of the molecule is CCCCC(CC)C[N+](C)(CCCC)CC(CC)CCCC. The largest absolute Gasteiger partial charge is 0.326 e. The molecule has 0 spiro atoms. The average molecular weight is 313 g/mol. The molecule has 2 atom stereocenters. The summed E-state index contributed by atoms with van der Waals surface area (Å²) in [5.41, 5.74) is 0. The molecule has 0 saturated heterocycles. The van der Waals surface area contributed by atoms with Gasteiger partial charge >= 0.3 is 0 Å². The fourth-order valence-corrected chi connectivity index (χ4v) is 3.88. The molecule has 2 unspecified atom stereocenters. The number of rotatable bonds is 15. The molecule has 0 amide bonds. The van der Waals surface area contributed by atoms with Gasteiger partial charge in [0.2, 0.25) is 0 Å². The lowest BCUT2D eigenvalue weighted by Gasteiger charge is -2.40. The zero-order valence-electron chi connectivity index (χ0n) is 16.8. The zero-order valence-corrected chi connectivity index (χ0v) is 16.8. The molecule has 0 saturated carbocycles. The van der Waals surface area contributed by atoms with Crippen molar-refractivity contribution < 1.29 is 4.48 Å². The van der Waals surface area contributed by atoms with Crippen molar-refractivity contribution in [2.45, 2.75) is 98.8 Å². The highest BCUT2D eigenvalue weighted by Crippen LogP contribution is 2.23. The summed E-state index contributed by atoms with van der Waals surface area (Å²) in [5, 5.41) is 0. The summed E-state index contributed by atoms with van der Waals surface area (Å²) in [5.74, 6) is 1.87. The van der Waals surface area contributed by atoms with E-state index >= 15 is 0 Å². The van der Waals surface area contributed by atoms with Crippen molar-refractivity contribution in [1.82, 2.24) is 0 Å². The van der Waals surface area contributed by atoms with Gasteiger partial charge in [-0.25, -0.2) is 0 Å². The predicted molar refractivity (Wildman–Crippen MR) is 102 cm³/mol. The lowest BCUT2D eigenvalue weighted by molar-refractivity contribution is -0.916. The van der Waals surface area contributed by atoms with Crippen molar-refractivity contribution in [2.24, 2.45) is 11.8 Å². The minimum absolute atomic E-state index is 0.936. The second kappa shape index (κ2) is 13.4. The van der Waals surface area contributed by atoms with Gasteiger partial charge < -0.3 is 4.48 Å². The van der Waals surface area contributed by atoms with Gasteiger partial charge in [0, 0.05) is 11.8 Å². The lowest BCUT2D eigenvalue weighted by atomic mass is 9.94. The van der Waals surface area contributed by atoms with E-state index in [1.807, 2.05) is 0 Å². The Kier molecular flexibility index (Phi) is 13.4. The molecule has 0 aromatic carbocycles. The molecule has 0 heterocycles. The maximum absolute atomic E-state index is 2.55. The van der Waals surface area contributed by atoms with Gasteiger partial charge in [-0.3, -0.25) is 0 Å². The Morgan fingerprint density at radius 2 is 1.05 bits per heavy atom. The van der Waals surface area contributed by atoms with Crippen LogP contribution in [-0.2, 0) is 0 Å². The summed E-state index contributed by atoms with van der Waals surface area (Å²) in [4.78, 5) is 0. The molecular formula is C21H46N+. The average Bonchev–Trinajstić information content (AvgIpc) is 2.53. The van der Waals surface area contributed by atoms with Crippen LogP contribution in [0, 0.1) is 11.8 Å². The second-order valence-electron chi connectivity index (χ2n) is 7.89. The van der Waals surface area contributed by atoms with Crippen molar-refractivity contribution >= 4 is 0 Å². The first-order valence-corrected chi connectivity index (χ1v) is 10.4. The van der Waals surface area contributed by atoms with Crippen LogP contribution in [0.3, 0.4) is 0 Å². The normalized spacial score (nSPS) is 17.2. The van der Waals surface area contributed by atoms with Crippen LogP contribution in [0.2, 0.25) is 0 Å². The third-order valence-electron chi connectivity index (χ3n) is 5.54. The monoisotopic (exact) mass is 312 g/mol. The minimum atomic E-state index is 0.936. The Hall–Kier alpha value is -0.0400. The number of hydrogen-bond acceptors (Lipinski definition) is 0. The molecule has 0 bridgehead atoms. The maximum atomic E-state index is 2.55. The van der Waals surface area contributed by atoms with Crippen molar-refractivity contribution in [3.8, 4) is 0 Å². The predicted octanol–water partition coefficient (Wildman–Crippen LogP) is 6.67. The third kappa shape index (κ3) is 9.87. The Labute approximate surface area is 142 Å². The summed E-state index contributed by atoms with van der Waals surface area (Å²) in [6, 6.07) is 0. The van der Waals surface area contributed by atoms with Crippen LogP contribution in [0.1, 0.15) is 98.8 Å². The highest BCUT2D eigenvalue weighted by atomic mass is 15.3. The van der Waals surface area contributed by atoms with Crippen LogP contribution in [0.15, 0.2) is 0 Å². The van der Waals surface area contributed by atoms with E-state index in [-0.39, 0.29) is 0 Å². The first kappa shape index (κ1) is 22.0. The Morgan fingerprint density at radius 3 is 1.36 bits per heavy atom. The molecule has 0 aromatic rings. The van der Waals surface area contributed by atoms with E-state index in [0.717, 1.165) is 11.8 Å². The Morgan fingerprint density at radius 1 is 0.636 bits per heavy atom. The molecule has 22 heavy (non-hydrogen) atoms. The quantitative estimate of drug-likeness (QED) is 0.296. The van der Waals surface area contributed by atoms with Gasteiger partial charge in [0.05, 0.1) is 26.7 Å². The molecule has 0 aliphatic heterocycles. The number of unbranched alkanes of at least 4 members (excludes halogenated alkanes) is 3. The Balaban J connectivity index is 4.71. The molecule has 0 aromatic heterocycles. The fraction of sp³-hybridized carbons (Fsp3) is 1.00. The van der Waals surface area contributed by atoms with Crippen molar-refractivity contribution in [2.75, 3.05) is 26.7 Å². The summed E-state index contributed by atoms with van der Waals surface area (Å²) in [6.07, 6.45) is 13.9. The molecule has 1 heteroatoms. The smallest absolute Gasteiger partial charge is 0.0813 e. The highest BCUT2D eigenvalue weighted by molar-refractivity contribution is 4.62. The first-order chi connectivity index (χ1) is 10.5. The molecule has 134 valence electrons. The van der Waals surface area contributed by atoms with E-state index < -0.39 is 0 Å². The van der Waals surface area contributed by atoms with E-state index in [9.17, 15) is 0 Å². The minimum Gasteiger partial charge on any atom is -0.326 e. The van der Waals surface area contributed by atoms with Crippen molar-refractivity contribution in [3.63, 3.8) is 0 Å². The van der Waals surface area contributed by atoms with Gasteiger partial charge in [-0.15, -0.1) is 0 Å². The van der Waals surface area contributed by atoms with E-state index in [1.165, 1.54) is 88.3 Å². The van der Waals surface area contributed by atoms with Gasteiger partial charge in [0.15, 0.2) is 0 Å². The van der Waals surface area contributed by atoms with Gasteiger partial charge in [0.1, 0.15) is 0 Å². The van der Waals surface area contributed by atoms with E-state index in [1.54, 1.807) is 0 Å². The highest BCUT2D eigenvalue weighted by Gasteiger charge is 2.28. The maximum Gasteiger partial charge on any atom is 0.0813 e. The summed E-state index contributed by atoms with van der Waals surface area (Å²) in [7, 11) is 2.55. The van der Waals surface area contributed by atoms with Crippen LogP contribution < -0.4 is 0 Å². The second-order valence-corrected chi connectivity index (χ2v) is 7.89. The van der Waals surface area contributed by atoms with E-state index in [0.29, 0.717) is 0 Å². The summed E-state index contributed by atoms with van der Waals surface area (Å²) >= 11 is 0. The van der Waals surface area contributed by atoms with Crippen LogP contribution in [0.5, 0.6) is 0 Å². The fourth-order valence-electron chi connectivity index (χ4n) is 3.88. The topological polar surface area (TPSA) is 0 Å². The van der Waals surface area contributed by atoms with Gasteiger partial charge in [0.25, 0.3) is 0 Å². The van der Waals surface area contributed by atoms with Crippen LogP contribution in [-0.4, -0.2) is 31.2 Å². The van der Waals surface area contributed by atoms with Gasteiger partial charge in [-0.05, 0) is 32.1 Å². The van der Waals surface area contributed by atoms with Gasteiger partial charge in [-0.2, -0.15) is 0 Å². The zero-order chi connectivity index (χ0) is 16.8. The third-order valence-corrected chi connectivity index (χ3v) is 5.54. The molecule has 1 nitrogen and oxygen atoms in total. The molecule has 0 radical (unpaired) electrons. The standard InChI is InChI=1S/C21H46N/c1-7-12-15-20(10-4)18-22(6,17-14-9-3)19-21(11-5)16-13-8-2/h20-21H,7-19H2,1-6H3/q+1. The van der Waals surface area contributed by atoms with E-state index in [4.69, 9.17) is 0 Å². The molecule has 0 N–H and O–H groups in total. The number of nitrogens with zero attached hydrogens (tertiary/aromatic N) is 1. The van der Waals surface area contributed by atoms with Crippen LogP contribution in [0.25, 0.3) is 0 Å². The number of quaternary nitrogens is 1. The van der Waals surface area contributed by atoms with Crippen molar-refractivity contribution in [3.05, 3.63) is 0 Å². The molecule has 0 aliphatic rings. The van der Waals surface area contributed by atoms with Gasteiger partial charge in [-0.1, -0.05) is 66.7 Å². The molecule has 0 aliphatic carbocycles. The molecule has 0 rings (SSSR count). The summed E-state index contributed by atoms with van der Waals surface area (Å²) in [6.45, 7) is 16.0. The summed E-state index contributed by atoms with van der Waals surface area (Å²) < 4.78 is 1.33. The van der Waals surface area contributed by atoms with E-state index in [2.05, 4.69) is 41.7 Å². The Bertz CT molecular complexity index is 218.